The molecule has 6 nitrogen and oxygen atoms in total. The molecule has 1 fully saturated rings. The molecule has 2 rings (SSSR count). The van der Waals surface area contributed by atoms with Gasteiger partial charge in [0.2, 0.25) is 5.88 Å². The summed E-state index contributed by atoms with van der Waals surface area (Å²) in [6, 6.07) is 1.62. The molecule has 0 unspecified atom stereocenters. The second kappa shape index (κ2) is 5.49. The van der Waals surface area contributed by atoms with Gasteiger partial charge in [-0.3, -0.25) is 4.79 Å². The molecule has 1 aromatic rings. The molecule has 0 aliphatic heterocycles. The van der Waals surface area contributed by atoms with Crippen molar-refractivity contribution >= 4 is 17.5 Å². The molecule has 1 aliphatic carbocycles. The molecule has 0 spiro atoms. The van der Waals surface area contributed by atoms with Gasteiger partial charge in [0.15, 0.2) is 5.15 Å². The number of carbonyl (C=O) groups is 1. The van der Waals surface area contributed by atoms with Crippen molar-refractivity contribution < 1.29 is 9.53 Å². The van der Waals surface area contributed by atoms with Gasteiger partial charge in [-0.15, -0.1) is 10.2 Å². The van der Waals surface area contributed by atoms with E-state index in [0.717, 1.165) is 12.8 Å². The van der Waals surface area contributed by atoms with Crippen molar-refractivity contribution in [3.8, 4) is 5.88 Å². The van der Waals surface area contributed by atoms with Crippen LogP contribution in [0.3, 0.4) is 0 Å². The Morgan fingerprint density at radius 1 is 1.67 bits per heavy atom. The van der Waals surface area contributed by atoms with Crippen LogP contribution in [0.5, 0.6) is 5.88 Å². The lowest BCUT2D eigenvalue weighted by Crippen LogP contribution is -2.27. The zero-order valence-electron chi connectivity index (χ0n) is 10.0. The van der Waals surface area contributed by atoms with Crippen LogP contribution in [-0.2, 0) is 0 Å². The monoisotopic (exact) mass is 270 g/mol. The Kier molecular flexibility index (Phi) is 3.98. The highest BCUT2D eigenvalue weighted by atomic mass is 35.5. The van der Waals surface area contributed by atoms with Crippen molar-refractivity contribution in [2.45, 2.75) is 31.8 Å². The van der Waals surface area contributed by atoms with E-state index in [1.54, 1.807) is 0 Å². The van der Waals surface area contributed by atoms with E-state index in [1.807, 2.05) is 6.92 Å². The Morgan fingerprint density at radius 2 is 2.39 bits per heavy atom. The normalized spacial score (nSPS) is 16.2. The van der Waals surface area contributed by atoms with Crippen molar-refractivity contribution in [3.05, 3.63) is 16.8 Å². The predicted octanol–water partition coefficient (Wildman–Crippen LogP) is 0.748. The van der Waals surface area contributed by atoms with Crippen LogP contribution in [0.4, 0.5) is 0 Å². The third-order valence-corrected chi connectivity index (χ3v) is 2.66. The summed E-state index contributed by atoms with van der Waals surface area (Å²) in [5.74, 6) is 0.000642. The van der Waals surface area contributed by atoms with Gasteiger partial charge in [-0.25, -0.2) is 0 Å². The zero-order valence-corrected chi connectivity index (χ0v) is 10.8. The number of rotatable bonds is 5. The van der Waals surface area contributed by atoms with E-state index >= 15 is 0 Å². The quantitative estimate of drug-likeness (QED) is 0.824. The van der Waals surface area contributed by atoms with Crippen molar-refractivity contribution in [1.82, 2.24) is 15.5 Å². The molecule has 1 aromatic heterocycles. The molecular formula is C11H15ClN4O2. The lowest BCUT2D eigenvalue weighted by Gasteiger charge is -2.09. The van der Waals surface area contributed by atoms with Gasteiger partial charge in [0.25, 0.3) is 5.91 Å². The number of halogens is 1. The van der Waals surface area contributed by atoms with Crippen LogP contribution in [0.2, 0.25) is 5.15 Å². The maximum Gasteiger partial charge on any atom is 0.254 e. The fourth-order valence-electron chi connectivity index (χ4n) is 1.30. The summed E-state index contributed by atoms with van der Waals surface area (Å²) in [4.78, 5) is 11.9. The van der Waals surface area contributed by atoms with Crippen LogP contribution >= 0.6 is 11.6 Å². The first-order valence-electron chi connectivity index (χ1n) is 5.78. The molecule has 18 heavy (non-hydrogen) atoms. The van der Waals surface area contributed by atoms with Gasteiger partial charge in [0, 0.05) is 18.2 Å². The number of hydrogen-bond acceptors (Lipinski definition) is 5. The Morgan fingerprint density at radius 3 is 3.00 bits per heavy atom. The number of nitrogens with two attached hydrogens (primary N) is 1. The molecule has 1 atom stereocenters. The molecule has 0 aromatic carbocycles. The fourth-order valence-corrected chi connectivity index (χ4v) is 1.47. The standard InChI is InChI=1S/C11H15ClN4O2/c1-6(13)5-18-9-4-8(10(12)16-15-9)11(17)14-7-2-3-7/h4,6-7H,2-3,5,13H2,1H3,(H,14,17)/t6-/m0/s1. The van der Waals surface area contributed by atoms with Gasteiger partial charge in [-0.1, -0.05) is 11.6 Å². The molecule has 1 heterocycles. The highest BCUT2D eigenvalue weighted by molar-refractivity contribution is 6.32. The summed E-state index contributed by atoms with van der Waals surface area (Å²) in [6.45, 7) is 2.12. The van der Waals surface area contributed by atoms with E-state index in [-0.39, 0.29) is 34.6 Å². The van der Waals surface area contributed by atoms with Crippen LogP contribution in [0, 0.1) is 0 Å². The minimum absolute atomic E-state index is 0.0706. The topological polar surface area (TPSA) is 90.1 Å². The average molecular weight is 271 g/mol. The lowest BCUT2D eigenvalue weighted by molar-refractivity contribution is 0.0950. The fraction of sp³-hybridized carbons (Fsp3) is 0.545. The van der Waals surface area contributed by atoms with Gasteiger partial charge in [-0.2, -0.15) is 0 Å². The number of amides is 1. The van der Waals surface area contributed by atoms with Crippen LogP contribution in [-0.4, -0.2) is 34.8 Å². The first-order valence-corrected chi connectivity index (χ1v) is 6.16. The number of ether oxygens (including phenoxy) is 1. The van der Waals surface area contributed by atoms with E-state index in [9.17, 15) is 4.79 Å². The summed E-state index contributed by atoms with van der Waals surface area (Å²) >= 11 is 5.84. The first kappa shape index (κ1) is 13.0. The molecule has 0 bridgehead atoms. The molecule has 1 saturated carbocycles. The van der Waals surface area contributed by atoms with Gasteiger partial charge in [0.1, 0.15) is 6.61 Å². The summed E-state index contributed by atoms with van der Waals surface area (Å²) in [5, 5.41) is 10.3. The van der Waals surface area contributed by atoms with Crippen LogP contribution < -0.4 is 15.8 Å². The molecule has 98 valence electrons. The third-order valence-electron chi connectivity index (χ3n) is 2.38. The lowest BCUT2D eigenvalue weighted by atomic mass is 10.3. The van der Waals surface area contributed by atoms with Crippen molar-refractivity contribution in [2.75, 3.05) is 6.61 Å². The van der Waals surface area contributed by atoms with Crippen molar-refractivity contribution in [2.24, 2.45) is 5.73 Å². The van der Waals surface area contributed by atoms with E-state index in [2.05, 4.69) is 15.5 Å². The zero-order chi connectivity index (χ0) is 13.1. The highest BCUT2D eigenvalue weighted by Gasteiger charge is 2.25. The highest BCUT2D eigenvalue weighted by Crippen LogP contribution is 2.22. The van der Waals surface area contributed by atoms with E-state index in [0.29, 0.717) is 6.61 Å². The number of nitrogens with zero attached hydrogens (tertiary/aromatic N) is 2. The summed E-state index contributed by atoms with van der Waals surface area (Å²) in [6.07, 6.45) is 2.02. The molecule has 1 amide bonds. The Hall–Kier alpha value is -1.40. The molecule has 0 radical (unpaired) electrons. The Balaban J connectivity index is 2.07. The summed E-state index contributed by atoms with van der Waals surface area (Å²) in [5.41, 5.74) is 5.84. The number of hydrogen-bond donors (Lipinski definition) is 2. The Labute approximate surface area is 110 Å². The number of aromatic nitrogens is 2. The van der Waals surface area contributed by atoms with E-state index in [1.165, 1.54) is 6.07 Å². The van der Waals surface area contributed by atoms with Crippen LogP contribution in [0.15, 0.2) is 6.07 Å². The second-order valence-electron chi connectivity index (χ2n) is 4.42. The van der Waals surface area contributed by atoms with Crippen LogP contribution in [0.1, 0.15) is 30.1 Å². The van der Waals surface area contributed by atoms with Crippen LogP contribution in [0.25, 0.3) is 0 Å². The van der Waals surface area contributed by atoms with Gasteiger partial charge < -0.3 is 15.8 Å². The number of carbonyl (C=O) groups excluding carboxylic acids is 1. The maximum absolute atomic E-state index is 11.9. The second-order valence-corrected chi connectivity index (χ2v) is 4.78. The van der Waals surface area contributed by atoms with Crippen molar-refractivity contribution in [1.29, 1.82) is 0 Å². The average Bonchev–Trinajstić information content (AvgIpc) is 3.11. The molecule has 3 N–H and O–H groups in total. The first-order chi connectivity index (χ1) is 8.56. The van der Waals surface area contributed by atoms with Gasteiger partial charge >= 0.3 is 0 Å². The third kappa shape index (κ3) is 3.54. The summed E-state index contributed by atoms with van der Waals surface area (Å²) < 4.78 is 5.30. The number of nitrogens with one attached hydrogen (secondary N) is 1. The predicted molar refractivity (Wildman–Crippen MR) is 66.7 cm³/mol. The SMILES string of the molecule is C[C@H](N)COc1cc(C(=O)NC2CC2)c(Cl)nn1. The van der Waals surface area contributed by atoms with Crippen molar-refractivity contribution in [3.63, 3.8) is 0 Å². The minimum atomic E-state index is -0.247. The minimum Gasteiger partial charge on any atom is -0.475 e. The molecule has 0 saturated heterocycles. The molecule has 7 heteroatoms. The summed E-state index contributed by atoms with van der Waals surface area (Å²) in [7, 11) is 0. The van der Waals surface area contributed by atoms with E-state index < -0.39 is 0 Å². The molecular weight excluding hydrogens is 256 g/mol. The smallest absolute Gasteiger partial charge is 0.254 e. The molecule has 1 aliphatic rings. The maximum atomic E-state index is 11.9. The van der Waals surface area contributed by atoms with E-state index in [4.69, 9.17) is 22.1 Å². The Bertz CT molecular complexity index is 449. The van der Waals surface area contributed by atoms with Gasteiger partial charge in [0.05, 0.1) is 5.56 Å². The largest absolute Gasteiger partial charge is 0.475 e. The van der Waals surface area contributed by atoms with Gasteiger partial charge in [-0.05, 0) is 19.8 Å².